The number of nitrogens with one attached hydrogen (secondary N) is 2. The highest BCUT2D eigenvalue weighted by atomic mass is 16.8. The smallest absolute Gasteiger partial charge is 0.364 e. The Morgan fingerprint density at radius 2 is 0.837 bits per heavy atom. The van der Waals surface area contributed by atoms with Gasteiger partial charge in [0.15, 0.2) is 12.6 Å². The van der Waals surface area contributed by atoms with Gasteiger partial charge in [-0.25, -0.2) is 4.79 Å². The van der Waals surface area contributed by atoms with Crippen LogP contribution in [-0.2, 0) is 42.8 Å². The molecule has 0 aromatic heterocycles. The van der Waals surface area contributed by atoms with Crippen LogP contribution in [0.5, 0.6) is 0 Å². The standard InChI is InChI=1S/C81H154N2O21/c1-4-6-8-10-12-14-16-17-18-19-20-21-22-23-24-25-26-27-28-29-30-31-32-33-34-35-36-37-38-39-40-41-42-43-45-47-49-51-53-55-68(91)83-62(63(88)54-52-50-48-46-44-15-13-11-9-7-5-2)60-99-78-73(95)72(94)75(67(59-86)101-78)102-79-74(96)77(71(93)66(58-85)100-79)104-81(80(97)98)56-64(89)69(82-61(3)87)76(103-81)70(92)65(90)57-84/h62-67,69-79,84-86,88-90,92-96H,4-60H2,1-3H3,(H,82,87)(H,83,91)(H,97,98). The number of aliphatic hydroxyl groups is 11. The molecule has 0 bridgehead atoms. The third kappa shape index (κ3) is 40.1. The van der Waals surface area contributed by atoms with Gasteiger partial charge in [0.1, 0.15) is 67.1 Å². The Morgan fingerprint density at radius 1 is 0.462 bits per heavy atom. The van der Waals surface area contributed by atoms with Crippen molar-refractivity contribution in [3.05, 3.63) is 0 Å². The molecule has 3 rings (SSSR count). The second kappa shape index (κ2) is 60.5. The Hall–Kier alpha value is -2.27. The molecule has 0 aromatic rings. The average Bonchev–Trinajstić information content (AvgIpc) is 0.754. The fourth-order valence-electron chi connectivity index (χ4n) is 15.1. The van der Waals surface area contributed by atoms with Gasteiger partial charge in [0, 0.05) is 19.8 Å². The Morgan fingerprint density at radius 3 is 1.20 bits per heavy atom. The molecule has 2 amide bonds. The first-order valence-corrected chi connectivity index (χ1v) is 42.4. The molecule has 18 atom stereocenters. The number of ether oxygens (including phenoxy) is 6. The highest BCUT2D eigenvalue weighted by Gasteiger charge is 2.60. The maximum Gasteiger partial charge on any atom is 0.364 e. The minimum absolute atomic E-state index is 0.229. The van der Waals surface area contributed by atoms with Crippen LogP contribution in [0.4, 0.5) is 0 Å². The van der Waals surface area contributed by atoms with E-state index in [1.807, 2.05) is 0 Å². The van der Waals surface area contributed by atoms with Crippen LogP contribution in [0.15, 0.2) is 0 Å². The number of carbonyl (C=O) groups is 3. The van der Waals surface area contributed by atoms with Crippen molar-refractivity contribution in [3.63, 3.8) is 0 Å². The highest BCUT2D eigenvalue weighted by Crippen LogP contribution is 2.39. The van der Waals surface area contributed by atoms with Gasteiger partial charge in [0.2, 0.25) is 11.8 Å². The van der Waals surface area contributed by atoms with Gasteiger partial charge < -0.3 is 100 Å². The van der Waals surface area contributed by atoms with Crippen molar-refractivity contribution in [2.45, 2.75) is 471 Å². The Balaban J connectivity index is 1.36. The van der Waals surface area contributed by atoms with Crippen LogP contribution in [-0.4, -0.2) is 215 Å². The van der Waals surface area contributed by atoms with E-state index in [1.165, 1.54) is 263 Å². The predicted octanol–water partition coefficient (Wildman–Crippen LogP) is 12.0. The number of aliphatic carboxylic acids is 1. The number of carbonyl (C=O) groups excluding carboxylic acids is 2. The number of hydrogen-bond acceptors (Lipinski definition) is 20. The number of carboxylic acid groups (broad SMARTS) is 1. The molecule has 0 aliphatic carbocycles. The molecule has 3 saturated heterocycles. The summed E-state index contributed by atoms with van der Waals surface area (Å²) in [5.74, 6) is -6.09. The zero-order chi connectivity index (χ0) is 76.0. The van der Waals surface area contributed by atoms with Crippen LogP contribution in [0.2, 0.25) is 0 Å². The van der Waals surface area contributed by atoms with Gasteiger partial charge in [-0.1, -0.05) is 328 Å². The minimum atomic E-state index is -3.08. The van der Waals surface area contributed by atoms with Gasteiger partial charge in [-0.2, -0.15) is 0 Å². The molecule has 18 unspecified atom stereocenters. The van der Waals surface area contributed by atoms with Crippen molar-refractivity contribution in [2.24, 2.45) is 0 Å². The molecule has 23 nitrogen and oxygen atoms in total. The zero-order valence-corrected chi connectivity index (χ0v) is 65.2. The first-order chi connectivity index (χ1) is 50.4. The third-order valence-electron chi connectivity index (χ3n) is 21.8. The molecular weight excluding hydrogens is 1340 g/mol. The Bertz CT molecular complexity index is 2070. The number of carboxylic acids is 1. The molecule has 0 spiro atoms. The number of aliphatic hydroxyl groups excluding tert-OH is 11. The number of unbranched alkanes of at least 4 members (excludes halogenated alkanes) is 48. The SMILES string of the molecule is CCCCCCCCCCCCCCCCCCCCCCCCCCCCCCCCCCCCCCCCCC(=O)NC(COC1OC(CO)C(OC2OC(CO)C(O)C(OC3(C(=O)O)CC(O)C(NC(C)=O)C(C(O)C(O)CO)O3)C2O)C(O)C1O)C(O)CCCCCCCCCCCCC. The lowest BCUT2D eigenvalue weighted by Crippen LogP contribution is -2.70. The summed E-state index contributed by atoms with van der Waals surface area (Å²) in [5.41, 5.74) is 0. The summed E-state index contributed by atoms with van der Waals surface area (Å²) in [6.45, 7) is 2.23. The topological polar surface area (TPSA) is 373 Å². The molecule has 0 saturated carbocycles. The quantitative estimate of drug-likeness (QED) is 0.0252. The van der Waals surface area contributed by atoms with Crippen LogP contribution in [0.25, 0.3) is 0 Å². The highest BCUT2D eigenvalue weighted by molar-refractivity contribution is 5.77. The van der Waals surface area contributed by atoms with Gasteiger partial charge in [0.05, 0.1) is 50.7 Å². The van der Waals surface area contributed by atoms with Crippen molar-refractivity contribution in [1.82, 2.24) is 10.6 Å². The van der Waals surface area contributed by atoms with Crippen molar-refractivity contribution >= 4 is 17.8 Å². The molecule has 14 N–H and O–H groups in total. The van der Waals surface area contributed by atoms with E-state index < -0.39 is 148 Å². The van der Waals surface area contributed by atoms with Gasteiger partial charge in [0.25, 0.3) is 5.79 Å². The number of amides is 2. The fourth-order valence-corrected chi connectivity index (χ4v) is 15.1. The average molecular weight is 1490 g/mol. The lowest BCUT2D eigenvalue weighted by molar-refractivity contribution is -0.386. The summed E-state index contributed by atoms with van der Waals surface area (Å²) in [7, 11) is 0. The molecule has 0 radical (unpaired) electrons. The number of hydrogen-bond donors (Lipinski definition) is 14. The molecule has 3 heterocycles. The molecule has 3 aliphatic rings. The van der Waals surface area contributed by atoms with Crippen LogP contribution >= 0.6 is 0 Å². The summed E-state index contributed by atoms with van der Waals surface area (Å²) in [6.07, 6.45) is 36.0. The minimum Gasteiger partial charge on any atom is -0.477 e. The Kier molecular flexibility index (Phi) is 55.8. The predicted molar refractivity (Wildman–Crippen MR) is 403 cm³/mol. The van der Waals surface area contributed by atoms with Crippen LogP contribution in [0, 0.1) is 0 Å². The summed E-state index contributed by atoms with van der Waals surface area (Å²) < 4.78 is 34.9. The summed E-state index contributed by atoms with van der Waals surface area (Å²) >= 11 is 0. The van der Waals surface area contributed by atoms with Crippen LogP contribution in [0.3, 0.4) is 0 Å². The van der Waals surface area contributed by atoms with E-state index in [-0.39, 0.29) is 18.9 Å². The third-order valence-corrected chi connectivity index (χ3v) is 21.8. The van der Waals surface area contributed by atoms with Gasteiger partial charge in [-0.15, -0.1) is 0 Å². The summed E-state index contributed by atoms with van der Waals surface area (Å²) in [4.78, 5) is 38.6. The molecular formula is C81H154N2O21. The first kappa shape index (κ1) is 95.9. The second-order valence-corrected chi connectivity index (χ2v) is 31.1. The lowest BCUT2D eigenvalue weighted by atomic mass is 9.88. The largest absolute Gasteiger partial charge is 0.477 e. The van der Waals surface area contributed by atoms with Gasteiger partial charge in [-0.3, -0.25) is 9.59 Å². The molecule has 104 heavy (non-hydrogen) atoms. The summed E-state index contributed by atoms with van der Waals surface area (Å²) in [5, 5.41) is 136. The van der Waals surface area contributed by atoms with Crippen molar-refractivity contribution in [3.8, 4) is 0 Å². The second-order valence-electron chi connectivity index (χ2n) is 31.1. The zero-order valence-electron chi connectivity index (χ0n) is 65.2. The van der Waals surface area contributed by atoms with Crippen LogP contribution in [0.1, 0.15) is 361 Å². The molecule has 3 aliphatic heterocycles. The van der Waals surface area contributed by atoms with Gasteiger partial charge >= 0.3 is 5.97 Å². The Labute approximate surface area is 627 Å². The molecule has 3 fully saturated rings. The molecule has 0 aromatic carbocycles. The van der Waals surface area contributed by atoms with E-state index in [1.54, 1.807) is 0 Å². The maximum atomic E-state index is 13.5. The normalized spacial score (nSPS) is 26.3. The van der Waals surface area contributed by atoms with E-state index in [4.69, 9.17) is 28.4 Å². The first-order valence-electron chi connectivity index (χ1n) is 42.4. The van der Waals surface area contributed by atoms with Crippen molar-refractivity contribution in [1.29, 1.82) is 0 Å². The maximum absolute atomic E-state index is 13.5. The van der Waals surface area contributed by atoms with E-state index in [0.29, 0.717) is 19.3 Å². The van der Waals surface area contributed by atoms with E-state index in [0.717, 1.165) is 51.9 Å². The van der Waals surface area contributed by atoms with E-state index in [2.05, 4.69) is 24.5 Å². The molecule has 23 heteroatoms. The van der Waals surface area contributed by atoms with Crippen molar-refractivity contribution in [2.75, 3.05) is 26.4 Å². The van der Waals surface area contributed by atoms with E-state index >= 15 is 0 Å². The van der Waals surface area contributed by atoms with Crippen molar-refractivity contribution < 1.29 is 104 Å². The van der Waals surface area contributed by atoms with Gasteiger partial charge in [-0.05, 0) is 12.8 Å². The lowest BCUT2D eigenvalue weighted by Gasteiger charge is -2.50. The summed E-state index contributed by atoms with van der Waals surface area (Å²) in [6, 6.07) is -2.52. The van der Waals surface area contributed by atoms with Crippen LogP contribution < -0.4 is 10.6 Å². The monoisotopic (exact) mass is 1490 g/mol. The molecule has 614 valence electrons. The van der Waals surface area contributed by atoms with E-state index in [9.17, 15) is 75.7 Å². The number of rotatable bonds is 68. The fraction of sp³-hybridized carbons (Fsp3) is 0.963.